The van der Waals surface area contributed by atoms with Gasteiger partial charge < -0.3 is 15.7 Å². The summed E-state index contributed by atoms with van der Waals surface area (Å²) in [5.74, 6) is -1.68. The van der Waals surface area contributed by atoms with Gasteiger partial charge in [-0.3, -0.25) is 9.59 Å². The minimum absolute atomic E-state index is 0.529. The van der Waals surface area contributed by atoms with Crippen molar-refractivity contribution in [1.29, 1.82) is 0 Å². The molecule has 0 saturated heterocycles. The molecule has 1 aromatic carbocycles. The number of amides is 1. The van der Waals surface area contributed by atoms with Gasteiger partial charge in [-0.15, -0.1) is 0 Å². The molecule has 0 aliphatic heterocycles. The predicted molar refractivity (Wildman–Crippen MR) is 69.3 cm³/mol. The van der Waals surface area contributed by atoms with Crippen molar-refractivity contribution in [3.63, 3.8) is 0 Å². The summed E-state index contributed by atoms with van der Waals surface area (Å²) < 4.78 is 0. The van der Waals surface area contributed by atoms with Gasteiger partial charge in [-0.1, -0.05) is 18.2 Å². The summed E-state index contributed by atoms with van der Waals surface area (Å²) in [6.07, 6.45) is 0. The SMILES string of the molecule is CNCc1ccccc1NC(=O)C(C)(C)C(=O)O. The fourth-order valence-electron chi connectivity index (χ4n) is 1.36. The third kappa shape index (κ3) is 3.07. The summed E-state index contributed by atoms with van der Waals surface area (Å²) in [6, 6.07) is 7.29. The highest BCUT2D eigenvalue weighted by Crippen LogP contribution is 2.21. The average Bonchev–Trinajstić information content (AvgIpc) is 2.31. The highest BCUT2D eigenvalue weighted by Gasteiger charge is 2.36. The molecule has 18 heavy (non-hydrogen) atoms. The smallest absolute Gasteiger partial charge is 0.318 e. The number of anilines is 1. The van der Waals surface area contributed by atoms with Gasteiger partial charge in [0.1, 0.15) is 5.41 Å². The Bertz CT molecular complexity index is 455. The van der Waals surface area contributed by atoms with E-state index in [2.05, 4.69) is 10.6 Å². The van der Waals surface area contributed by atoms with Crippen LogP contribution in [0.25, 0.3) is 0 Å². The van der Waals surface area contributed by atoms with E-state index < -0.39 is 17.3 Å². The van der Waals surface area contributed by atoms with Crippen molar-refractivity contribution in [2.45, 2.75) is 20.4 Å². The third-order valence-corrected chi connectivity index (χ3v) is 2.74. The number of rotatable bonds is 5. The van der Waals surface area contributed by atoms with E-state index >= 15 is 0 Å². The van der Waals surface area contributed by atoms with E-state index in [9.17, 15) is 9.59 Å². The number of hydrogen-bond donors (Lipinski definition) is 3. The number of para-hydroxylation sites is 1. The van der Waals surface area contributed by atoms with Crippen LogP contribution < -0.4 is 10.6 Å². The van der Waals surface area contributed by atoms with Crippen LogP contribution in [-0.2, 0) is 16.1 Å². The summed E-state index contributed by atoms with van der Waals surface area (Å²) in [5, 5.41) is 14.6. The Hall–Kier alpha value is -1.88. The molecule has 5 nitrogen and oxygen atoms in total. The first kappa shape index (κ1) is 14.2. The summed E-state index contributed by atoms with van der Waals surface area (Å²) in [6.45, 7) is 3.36. The van der Waals surface area contributed by atoms with Gasteiger partial charge in [-0.05, 0) is 32.5 Å². The minimum Gasteiger partial charge on any atom is -0.480 e. The van der Waals surface area contributed by atoms with E-state index in [4.69, 9.17) is 5.11 Å². The van der Waals surface area contributed by atoms with Crippen LogP contribution in [0, 0.1) is 5.41 Å². The van der Waals surface area contributed by atoms with E-state index in [1.807, 2.05) is 12.1 Å². The maximum Gasteiger partial charge on any atom is 0.318 e. The molecular formula is C13H18N2O3. The van der Waals surface area contributed by atoms with Crippen LogP contribution in [0.2, 0.25) is 0 Å². The van der Waals surface area contributed by atoms with Crippen LogP contribution in [0.1, 0.15) is 19.4 Å². The van der Waals surface area contributed by atoms with Crippen molar-refractivity contribution in [1.82, 2.24) is 5.32 Å². The maximum absolute atomic E-state index is 11.9. The topological polar surface area (TPSA) is 78.4 Å². The van der Waals surface area contributed by atoms with Gasteiger partial charge in [-0.25, -0.2) is 0 Å². The molecule has 0 heterocycles. The number of hydrogen-bond acceptors (Lipinski definition) is 3. The Morgan fingerprint density at radius 3 is 2.44 bits per heavy atom. The zero-order valence-corrected chi connectivity index (χ0v) is 10.8. The second-order valence-electron chi connectivity index (χ2n) is 4.57. The monoisotopic (exact) mass is 250 g/mol. The van der Waals surface area contributed by atoms with Gasteiger partial charge in [0.2, 0.25) is 5.91 Å². The number of benzene rings is 1. The average molecular weight is 250 g/mol. The highest BCUT2D eigenvalue weighted by atomic mass is 16.4. The van der Waals surface area contributed by atoms with Crippen molar-refractivity contribution in [3.8, 4) is 0 Å². The lowest BCUT2D eigenvalue weighted by Crippen LogP contribution is -2.38. The lowest BCUT2D eigenvalue weighted by molar-refractivity contribution is -0.151. The molecule has 1 amide bonds. The van der Waals surface area contributed by atoms with Crippen molar-refractivity contribution in [2.24, 2.45) is 5.41 Å². The number of carbonyl (C=O) groups is 2. The molecule has 0 aromatic heterocycles. The van der Waals surface area contributed by atoms with Crippen molar-refractivity contribution in [3.05, 3.63) is 29.8 Å². The Balaban J connectivity index is 2.91. The first-order valence-corrected chi connectivity index (χ1v) is 5.67. The van der Waals surface area contributed by atoms with Gasteiger partial charge >= 0.3 is 5.97 Å². The molecule has 3 N–H and O–H groups in total. The van der Waals surface area contributed by atoms with E-state index in [1.54, 1.807) is 19.2 Å². The number of carboxylic acids is 1. The second-order valence-corrected chi connectivity index (χ2v) is 4.57. The number of carboxylic acid groups (broad SMARTS) is 1. The van der Waals surface area contributed by atoms with Crippen molar-refractivity contribution in [2.75, 3.05) is 12.4 Å². The summed E-state index contributed by atoms with van der Waals surface area (Å²) in [4.78, 5) is 22.9. The Morgan fingerprint density at radius 2 is 1.89 bits per heavy atom. The molecule has 1 rings (SSSR count). The fourth-order valence-corrected chi connectivity index (χ4v) is 1.36. The van der Waals surface area contributed by atoms with Crippen LogP contribution in [0.3, 0.4) is 0 Å². The molecule has 0 aliphatic rings. The molecule has 0 radical (unpaired) electrons. The largest absolute Gasteiger partial charge is 0.480 e. The van der Waals surface area contributed by atoms with E-state index in [-0.39, 0.29) is 0 Å². The molecule has 1 aromatic rings. The van der Waals surface area contributed by atoms with Gasteiger partial charge in [0.05, 0.1) is 0 Å². The zero-order chi connectivity index (χ0) is 13.8. The normalized spacial score (nSPS) is 11.1. The Labute approximate surface area is 106 Å². The van der Waals surface area contributed by atoms with Crippen LogP contribution in [0.4, 0.5) is 5.69 Å². The van der Waals surface area contributed by atoms with Crippen LogP contribution in [-0.4, -0.2) is 24.0 Å². The summed E-state index contributed by atoms with van der Waals surface area (Å²) >= 11 is 0. The standard InChI is InChI=1S/C13H18N2O3/c1-13(2,12(17)18)11(16)15-10-7-5-4-6-9(10)8-14-3/h4-7,14H,8H2,1-3H3,(H,15,16)(H,17,18). The van der Waals surface area contributed by atoms with Crippen molar-refractivity contribution < 1.29 is 14.7 Å². The summed E-state index contributed by atoms with van der Waals surface area (Å²) in [5.41, 5.74) is 0.0907. The molecular weight excluding hydrogens is 232 g/mol. The first-order valence-electron chi connectivity index (χ1n) is 5.67. The number of nitrogens with one attached hydrogen (secondary N) is 2. The van der Waals surface area contributed by atoms with Gasteiger partial charge in [0.25, 0.3) is 0 Å². The Kier molecular flexibility index (Phi) is 4.44. The molecule has 0 fully saturated rings. The highest BCUT2D eigenvalue weighted by molar-refractivity contribution is 6.07. The van der Waals surface area contributed by atoms with Gasteiger partial charge in [0.15, 0.2) is 0 Å². The van der Waals surface area contributed by atoms with E-state index in [0.717, 1.165) is 5.56 Å². The molecule has 0 saturated carbocycles. The first-order chi connectivity index (χ1) is 8.39. The fraction of sp³-hybridized carbons (Fsp3) is 0.385. The maximum atomic E-state index is 11.9. The molecule has 0 spiro atoms. The van der Waals surface area contributed by atoms with Crippen LogP contribution in [0.15, 0.2) is 24.3 Å². The quantitative estimate of drug-likeness (QED) is 0.691. The Morgan fingerprint density at radius 1 is 1.28 bits per heavy atom. The third-order valence-electron chi connectivity index (χ3n) is 2.74. The van der Waals surface area contributed by atoms with E-state index in [1.165, 1.54) is 13.8 Å². The number of aliphatic carboxylic acids is 1. The van der Waals surface area contributed by atoms with Crippen molar-refractivity contribution >= 4 is 17.6 Å². The van der Waals surface area contributed by atoms with Gasteiger partial charge in [-0.2, -0.15) is 0 Å². The lowest BCUT2D eigenvalue weighted by atomic mass is 9.92. The van der Waals surface area contributed by atoms with E-state index in [0.29, 0.717) is 12.2 Å². The molecule has 0 unspecified atom stereocenters. The number of carbonyl (C=O) groups excluding carboxylic acids is 1. The van der Waals surface area contributed by atoms with Crippen LogP contribution in [0.5, 0.6) is 0 Å². The summed E-state index contributed by atoms with van der Waals surface area (Å²) in [7, 11) is 1.81. The molecule has 0 atom stereocenters. The van der Waals surface area contributed by atoms with Crippen LogP contribution >= 0.6 is 0 Å². The molecule has 0 aliphatic carbocycles. The second kappa shape index (κ2) is 5.64. The molecule has 98 valence electrons. The minimum atomic E-state index is -1.45. The predicted octanol–water partition coefficient (Wildman–Crippen LogP) is 1.46. The molecule has 0 bridgehead atoms. The molecule has 5 heteroatoms. The van der Waals surface area contributed by atoms with Gasteiger partial charge in [0, 0.05) is 12.2 Å². The lowest BCUT2D eigenvalue weighted by Gasteiger charge is -2.19. The zero-order valence-electron chi connectivity index (χ0n) is 10.8.